The molecule has 0 radical (unpaired) electrons. The molecule has 0 heterocycles. The lowest BCUT2D eigenvalue weighted by atomic mass is 10.4. The van der Waals surface area contributed by atoms with Gasteiger partial charge in [0.15, 0.2) is 0 Å². The maximum Gasteiger partial charge on any atom is 0.370 e. The molecule has 0 N–H and O–H groups in total. The number of allylic oxidation sites excluding steroid dienone is 2. The van der Waals surface area contributed by atoms with Gasteiger partial charge in [-0.3, -0.25) is 0 Å². The molecule has 0 atom stereocenters. The number of hydrogen-bond acceptors (Lipinski definition) is 4. The molecule has 0 saturated carbocycles. The predicted molar refractivity (Wildman–Crippen MR) is 125 cm³/mol. The summed E-state index contributed by atoms with van der Waals surface area (Å²) < 4.78 is 26.5. The molecule has 4 nitrogen and oxygen atoms in total. The van der Waals surface area contributed by atoms with Gasteiger partial charge in [0.1, 0.15) is 0 Å². The molecular formula is C22H46O4Si2. The van der Waals surface area contributed by atoms with Gasteiger partial charge >= 0.3 is 17.1 Å². The minimum absolute atomic E-state index is 0.161. The first-order chi connectivity index (χ1) is 13.6. The molecule has 166 valence electrons. The summed E-state index contributed by atoms with van der Waals surface area (Å²) in [5.41, 5.74) is 4.46. The van der Waals surface area contributed by atoms with Crippen molar-refractivity contribution in [3.63, 3.8) is 0 Å². The van der Waals surface area contributed by atoms with E-state index in [0.717, 1.165) is 38.5 Å². The van der Waals surface area contributed by atoms with Crippen LogP contribution in [0.1, 0.15) is 87.0 Å². The van der Waals surface area contributed by atoms with Crippen molar-refractivity contribution < 1.29 is 17.7 Å². The van der Waals surface area contributed by atoms with Gasteiger partial charge in [0.05, 0.1) is 5.16 Å². The first-order valence-corrected chi connectivity index (χ1v) is 15.3. The summed E-state index contributed by atoms with van der Waals surface area (Å²) in [7, 11) is -5.36. The third-order valence-corrected chi connectivity index (χ3v) is 13.6. The molecule has 0 amide bonds. The Hall–Kier alpha value is -0.246. The molecule has 0 aromatic heterocycles. The fraction of sp³-hybridized carbons (Fsp3) is 0.818. The second-order valence-corrected chi connectivity index (χ2v) is 13.9. The Morgan fingerprint density at radius 1 is 0.571 bits per heavy atom. The quantitative estimate of drug-likeness (QED) is 0.232. The van der Waals surface area contributed by atoms with Crippen molar-refractivity contribution in [1.29, 1.82) is 0 Å². The first kappa shape index (κ1) is 27.8. The first-order valence-electron chi connectivity index (χ1n) is 11.4. The van der Waals surface area contributed by atoms with Crippen molar-refractivity contribution in [2.75, 3.05) is 26.4 Å². The second-order valence-electron chi connectivity index (χ2n) is 7.18. The number of rotatable bonds is 18. The molecule has 0 spiro atoms. The fourth-order valence-corrected chi connectivity index (χ4v) is 13.4. The summed E-state index contributed by atoms with van der Waals surface area (Å²) in [4.78, 5) is 0. The van der Waals surface area contributed by atoms with E-state index in [-0.39, 0.29) is 5.16 Å². The highest BCUT2D eigenvalue weighted by Gasteiger charge is 2.58. The van der Waals surface area contributed by atoms with Crippen LogP contribution in [0.3, 0.4) is 0 Å². The van der Waals surface area contributed by atoms with Crippen molar-refractivity contribution in [2.45, 2.75) is 92.2 Å². The summed E-state index contributed by atoms with van der Waals surface area (Å²) >= 11 is 0. The molecule has 0 saturated heterocycles. The van der Waals surface area contributed by atoms with E-state index in [2.05, 4.69) is 72.0 Å². The molecule has 6 heteroatoms. The molecule has 0 aliphatic carbocycles. The third kappa shape index (κ3) is 8.63. The Morgan fingerprint density at radius 2 is 0.893 bits per heavy atom. The average molecular weight is 431 g/mol. The zero-order chi connectivity index (χ0) is 21.3. The van der Waals surface area contributed by atoms with Gasteiger partial charge in [-0.2, -0.15) is 0 Å². The molecule has 0 bridgehead atoms. The largest absolute Gasteiger partial charge is 0.391 e. The summed E-state index contributed by atoms with van der Waals surface area (Å²) in [5, 5.41) is 0.161. The fourth-order valence-electron chi connectivity index (χ4n) is 3.39. The van der Waals surface area contributed by atoms with Gasteiger partial charge < -0.3 is 17.7 Å². The highest BCUT2D eigenvalue weighted by atomic mass is 28.4. The lowest BCUT2D eigenvalue weighted by Gasteiger charge is -2.43. The van der Waals surface area contributed by atoms with Gasteiger partial charge in [-0.1, -0.05) is 53.2 Å². The summed E-state index contributed by atoms with van der Waals surface area (Å²) in [6.45, 7) is 17.8. The Kier molecular flexibility index (Phi) is 16.4. The summed E-state index contributed by atoms with van der Waals surface area (Å²) in [6, 6.07) is 0. The lowest BCUT2D eigenvalue weighted by molar-refractivity contribution is 0.144. The predicted octanol–water partition coefficient (Wildman–Crippen LogP) is 6.52. The van der Waals surface area contributed by atoms with E-state index < -0.39 is 17.1 Å². The van der Waals surface area contributed by atoms with Gasteiger partial charge in [-0.05, 0) is 57.4 Å². The van der Waals surface area contributed by atoms with Crippen LogP contribution in [0.15, 0.2) is 23.6 Å². The van der Waals surface area contributed by atoms with E-state index in [1.807, 2.05) is 0 Å². The molecule has 0 rings (SSSR count). The Morgan fingerprint density at radius 3 is 1.11 bits per heavy atom. The van der Waals surface area contributed by atoms with Gasteiger partial charge in [0, 0.05) is 26.4 Å². The van der Waals surface area contributed by atoms with Gasteiger partial charge in [-0.25, -0.2) is 0 Å². The Balaban J connectivity index is 6.41. The molecule has 0 unspecified atom stereocenters. The van der Waals surface area contributed by atoms with Crippen molar-refractivity contribution in [2.24, 2.45) is 0 Å². The Bertz CT molecular complexity index is 375. The maximum atomic E-state index is 6.62. The van der Waals surface area contributed by atoms with E-state index >= 15 is 0 Å². The zero-order valence-corrected chi connectivity index (χ0v) is 21.6. The van der Waals surface area contributed by atoms with E-state index in [9.17, 15) is 0 Å². The third-order valence-electron chi connectivity index (χ3n) is 4.47. The maximum absolute atomic E-state index is 6.62. The van der Waals surface area contributed by atoms with Crippen LogP contribution in [0.4, 0.5) is 0 Å². The molecule has 0 aliphatic heterocycles. The minimum Gasteiger partial charge on any atom is -0.391 e. The zero-order valence-electron chi connectivity index (χ0n) is 19.6. The summed E-state index contributed by atoms with van der Waals surface area (Å²) in [6.07, 6.45) is 10.2. The number of hydrogen-bond donors (Lipinski definition) is 0. The lowest BCUT2D eigenvalue weighted by Crippen LogP contribution is -2.60. The van der Waals surface area contributed by atoms with Crippen molar-refractivity contribution in [3.8, 4) is 0 Å². The van der Waals surface area contributed by atoms with Gasteiger partial charge in [0.25, 0.3) is 0 Å². The van der Waals surface area contributed by atoms with Gasteiger partial charge in [0.2, 0.25) is 0 Å². The average Bonchev–Trinajstić information content (AvgIpc) is 2.71. The van der Waals surface area contributed by atoms with E-state index in [1.54, 1.807) is 0 Å². The van der Waals surface area contributed by atoms with Gasteiger partial charge in [-0.15, -0.1) is 0 Å². The monoisotopic (exact) mass is 430 g/mol. The van der Waals surface area contributed by atoms with Crippen LogP contribution in [-0.2, 0) is 17.7 Å². The molecule has 0 fully saturated rings. The van der Waals surface area contributed by atoms with E-state index in [1.165, 1.54) is 0 Å². The molecule has 0 aromatic carbocycles. The van der Waals surface area contributed by atoms with E-state index in [0.29, 0.717) is 26.4 Å². The van der Waals surface area contributed by atoms with Crippen LogP contribution in [0.2, 0.25) is 5.16 Å². The van der Waals surface area contributed by atoms with Crippen LogP contribution in [0.5, 0.6) is 0 Å². The van der Waals surface area contributed by atoms with Crippen LogP contribution >= 0.6 is 0 Å². The topological polar surface area (TPSA) is 36.9 Å². The molecule has 0 aliphatic rings. The molecule has 28 heavy (non-hydrogen) atoms. The van der Waals surface area contributed by atoms with E-state index in [4.69, 9.17) is 17.7 Å². The van der Waals surface area contributed by atoms with Crippen LogP contribution < -0.4 is 0 Å². The van der Waals surface area contributed by atoms with Crippen molar-refractivity contribution in [1.82, 2.24) is 0 Å². The highest BCUT2D eigenvalue weighted by Crippen LogP contribution is 2.41. The van der Waals surface area contributed by atoms with Crippen LogP contribution in [-0.4, -0.2) is 43.5 Å². The molecule has 0 aromatic rings. The van der Waals surface area contributed by atoms with Crippen LogP contribution in [0, 0.1) is 0 Å². The van der Waals surface area contributed by atoms with Crippen LogP contribution in [0.25, 0.3) is 0 Å². The summed E-state index contributed by atoms with van der Waals surface area (Å²) in [5.74, 6) is 0. The van der Waals surface area contributed by atoms with Crippen molar-refractivity contribution >= 4 is 17.1 Å². The smallest absolute Gasteiger partial charge is 0.370 e. The van der Waals surface area contributed by atoms with Crippen molar-refractivity contribution in [3.05, 3.63) is 23.6 Å². The SMILES string of the molecule is CC=C[Si](OCCC)(OCCC)C(CCC)[Si](C=CC)(OCCC)OCCC. The minimum atomic E-state index is -2.68. The normalized spacial score (nSPS) is 14.4. The second kappa shape index (κ2) is 16.5. The Labute approximate surface area is 177 Å². The highest BCUT2D eigenvalue weighted by molar-refractivity contribution is 6.93. The standard InChI is InChI=1S/C22H46O4Si2/c1-8-15-22(27(20-13-6,23-16-9-2)24-17-10-3)28(21-14-7,25-18-11-4)26-19-12-5/h13-14,20-22H,8-12,15-19H2,1-7H3. The molecular weight excluding hydrogens is 384 g/mol.